The third-order valence-corrected chi connectivity index (χ3v) is 6.29. The smallest absolute Gasteiger partial charge is 0.184 e. The van der Waals surface area contributed by atoms with Crippen LogP contribution in [0.15, 0.2) is 65.3 Å². The van der Waals surface area contributed by atoms with E-state index in [1.807, 2.05) is 49.4 Å². The van der Waals surface area contributed by atoms with Gasteiger partial charge in [-0.1, -0.05) is 42.5 Å². The third-order valence-electron chi connectivity index (χ3n) is 6.20. The van der Waals surface area contributed by atoms with Gasteiger partial charge < -0.3 is 20.3 Å². The van der Waals surface area contributed by atoms with Gasteiger partial charge in [0, 0.05) is 42.8 Å². The molecule has 0 saturated carbocycles. The zero-order valence-corrected chi connectivity index (χ0v) is 20.8. The maximum Gasteiger partial charge on any atom is 0.184 e. The fraction of sp³-hybridized carbons (Fsp3) is 0.360. The van der Waals surface area contributed by atoms with Gasteiger partial charge in [0.25, 0.3) is 0 Å². The Hall–Kier alpha value is -2.65. The summed E-state index contributed by atoms with van der Waals surface area (Å²) in [5.41, 5.74) is 11.9. The lowest BCUT2D eigenvalue weighted by Gasteiger charge is -2.37. The molecule has 1 fully saturated rings. The van der Waals surface area contributed by atoms with Crippen molar-refractivity contribution in [3.8, 4) is 5.75 Å². The second kappa shape index (κ2) is 12.2. The maximum atomic E-state index is 11.4. The highest BCUT2D eigenvalue weighted by Crippen LogP contribution is 2.41. The number of aliphatic hydroxyl groups is 1. The summed E-state index contributed by atoms with van der Waals surface area (Å²) < 4.78 is 11.6. The molecule has 2 aromatic carbocycles. The van der Waals surface area contributed by atoms with Crippen molar-refractivity contribution < 1.29 is 14.6 Å². The highest BCUT2D eigenvalue weighted by molar-refractivity contribution is 7.80. The summed E-state index contributed by atoms with van der Waals surface area (Å²) in [6.07, 6.45) is 0. The Bertz CT molecular complexity index is 1040. The van der Waals surface area contributed by atoms with Crippen molar-refractivity contribution >= 4 is 41.2 Å². The minimum Gasteiger partial charge on any atom is -0.507 e. The average molecular weight is 503 g/mol. The zero-order chi connectivity index (χ0) is 23.2. The van der Waals surface area contributed by atoms with Crippen molar-refractivity contribution in [1.29, 1.82) is 0 Å². The number of hydrazone groups is 1. The number of aliphatic hydroxyl groups excluding tert-OH is 1. The number of hydrogen-bond acceptors (Lipinski definition) is 6. The van der Waals surface area contributed by atoms with E-state index in [1.165, 1.54) is 0 Å². The van der Waals surface area contributed by atoms with Gasteiger partial charge in [-0.15, -0.1) is 12.4 Å². The molecule has 7 nitrogen and oxygen atoms in total. The van der Waals surface area contributed by atoms with Crippen LogP contribution in [0, 0.1) is 5.92 Å². The van der Waals surface area contributed by atoms with E-state index >= 15 is 0 Å². The first-order valence-corrected chi connectivity index (χ1v) is 11.5. The molecule has 0 bridgehead atoms. The molecular formula is C25H31ClN4O3S. The quantitative estimate of drug-likeness (QED) is 0.302. The lowest BCUT2D eigenvalue weighted by atomic mass is 9.76. The summed E-state index contributed by atoms with van der Waals surface area (Å²) in [5.74, 6) is 0.751. The number of fused-ring (bicyclic) bond motifs is 1. The predicted octanol–water partition coefficient (Wildman–Crippen LogP) is 3.71. The lowest BCUT2D eigenvalue weighted by molar-refractivity contribution is 0.0333. The van der Waals surface area contributed by atoms with Crippen LogP contribution in [0.4, 0.5) is 0 Å². The minimum atomic E-state index is -0.153. The van der Waals surface area contributed by atoms with E-state index < -0.39 is 0 Å². The number of morpholine rings is 1. The van der Waals surface area contributed by atoms with Crippen LogP contribution in [0.5, 0.6) is 5.75 Å². The van der Waals surface area contributed by atoms with Gasteiger partial charge in [0.1, 0.15) is 18.1 Å². The molecule has 2 aliphatic rings. The van der Waals surface area contributed by atoms with Crippen molar-refractivity contribution in [3.05, 3.63) is 71.3 Å². The van der Waals surface area contributed by atoms with Crippen LogP contribution in [0.1, 0.15) is 24.0 Å². The Morgan fingerprint density at radius 1 is 1.15 bits per heavy atom. The summed E-state index contributed by atoms with van der Waals surface area (Å²) in [7, 11) is 0. The molecule has 4 rings (SSSR count). The van der Waals surface area contributed by atoms with Crippen molar-refractivity contribution in [2.45, 2.75) is 12.8 Å². The first-order chi connectivity index (χ1) is 16.0. The summed E-state index contributed by atoms with van der Waals surface area (Å²) in [6, 6.07) is 17.8. The van der Waals surface area contributed by atoms with E-state index in [0.29, 0.717) is 31.1 Å². The van der Waals surface area contributed by atoms with Crippen LogP contribution >= 0.6 is 24.6 Å². The molecule has 1 saturated heterocycles. The number of nitrogens with one attached hydrogen (secondary N) is 1. The number of para-hydroxylation sites is 1. The Labute approximate surface area is 212 Å². The number of ether oxygens (including phenoxy) is 2. The molecule has 34 heavy (non-hydrogen) atoms. The summed E-state index contributed by atoms with van der Waals surface area (Å²) in [6.45, 7) is 6.12. The van der Waals surface area contributed by atoms with Gasteiger partial charge in [-0.25, -0.2) is 0 Å². The zero-order valence-electron chi connectivity index (χ0n) is 19.1. The number of nitrogens with zero attached hydrogens (tertiary/aromatic N) is 2. The molecule has 0 amide bonds. The van der Waals surface area contributed by atoms with E-state index in [0.717, 1.165) is 36.5 Å². The lowest BCUT2D eigenvalue weighted by Crippen LogP contribution is -2.43. The number of benzene rings is 2. The van der Waals surface area contributed by atoms with E-state index in [1.54, 1.807) is 0 Å². The number of hydrogen-bond donors (Lipinski definition) is 3. The molecule has 2 aliphatic heterocycles. The first-order valence-electron chi connectivity index (χ1n) is 11.1. The fourth-order valence-electron chi connectivity index (χ4n) is 4.53. The van der Waals surface area contributed by atoms with E-state index in [-0.39, 0.29) is 35.1 Å². The second-order valence-corrected chi connectivity index (χ2v) is 8.74. The summed E-state index contributed by atoms with van der Waals surface area (Å²) in [5, 5.41) is 16.0. The molecule has 182 valence electrons. The average Bonchev–Trinajstić information content (AvgIpc) is 2.85. The molecule has 0 spiro atoms. The van der Waals surface area contributed by atoms with Crippen molar-refractivity contribution in [1.82, 2.24) is 10.3 Å². The van der Waals surface area contributed by atoms with Crippen LogP contribution in [0.3, 0.4) is 0 Å². The maximum absolute atomic E-state index is 11.4. The van der Waals surface area contributed by atoms with Gasteiger partial charge in [0.05, 0.1) is 18.8 Å². The van der Waals surface area contributed by atoms with E-state index in [4.69, 9.17) is 27.4 Å². The van der Waals surface area contributed by atoms with Gasteiger partial charge in [0.2, 0.25) is 0 Å². The molecule has 9 heteroatoms. The van der Waals surface area contributed by atoms with Crippen molar-refractivity contribution in [2.24, 2.45) is 16.8 Å². The summed E-state index contributed by atoms with van der Waals surface area (Å²) in [4.78, 5) is 2.37. The topological polar surface area (TPSA) is 92.3 Å². The standard InChI is InChI=1S/C25H30N4O3S.ClH/c1-17(27-28-25(26)33)20(15-29-11-13-31-14-12-29)23(18-7-3-2-4-8-18)21-16-32-22-10-6-5-9-19(22)24(21)30;/h2-10,20,23,30H,11-16H2,1H3,(H3,26,28,33);1H/b27-17+;. The van der Waals surface area contributed by atoms with Gasteiger partial charge in [0.15, 0.2) is 5.11 Å². The monoisotopic (exact) mass is 502 g/mol. The first kappa shape index (κ1) is 26.0. The molecule has 0 radical (unpaired) electrons. The molecule has 4 N–H and O–H groups in total. The number of halogens is 1. The fourth-order valence-corrected chi connectivity index (χ4v) is 4.57. The molecule has 2 unspecified atom stereocenters. The van der Waals surface area contributed by atoms with Crippen molar-refractivity contribution in [3.63, 3.8) is 0 Å². The Morgan fingerprint density at radius 3 is 2.53 bits per heavy atom. The van der Waals surface area contributed by atoms with Crippen LogP contribution in [0.2, 0.25) is 0 Å². The van der Waals surface area contributed by atoms with Gasteiger partial charge in [-0.2, -0.15) is 5.10 Å². The number of thiocarbonyl (C=S) groups is 1. The van der Waals surface area contributed by atoms with Crippen LogP contribution < -0.4 is 15.9 Å². The van der Waals surface area contributed by atoms with E-state index in [2.05, 4.69) is 27.6 Å². The normalized spacial score (nSPS) is 18.2. The SMILES string of the molecule is C/C(=N\NC(N)=S)C(CN1CCOCC1)C(C1=C(O)c2ccccc2OC1)c1ccccc1.Cl. The Kier molecular flexibility index (Phi) is 9.29. The predicted molar refractivity (Wildman–Crippen MR) is 142 cm³/mol. The van der Waals surface area contributed by atoms with Crippen molar-refractivity contribution in [2.75, 3.05) is 39.5 Å². The van der Waals surface area contributed by atoms with Gasteiger partial charge in [-0.3, -0.25) is 10.3 Å². The number of nitrogens with two attached hydrogens (primary N) is 1. The summed E-state index contributed by atoms with van der Waals surface area (Å²) >= 11 is 4.97. The highest BCUT2D eigenvalue weighted by atomic mass is 35.5. The molecule has 0 aliphatic carbocycles. The van der Waals surface area contributed by atoms with Gasteiger partial charge in [-0.05, 0) is 36.8 Å². The molecule has 2 heterocycles. The minimum absolute atomic E-state index is 0. The molecular weight excluding hydrogens is 472 g/mol. The van der Waals surface area contributed by atoms with E-state index in [9.17, 15) is 5.11 Å². The highest BCUT2D eigenvalue weighted by Gasteiger charge is 2.35. The Balaban J connectivity index is 0.00000324. The van der Waals surface area contributed by atoms with Gasteiger partial charge >= 0.3 is 0 Å². The van der Waals surface area contributed by atoms with Crippen LogP contribution in [0.25, 0.3) is 5.76 Å². The molecule has 0 aromatic heterocycles. The second-order valence-electron chi connectivity index (χ2n) is 8.30. The third kappa shape index (κ3) is 6.07. The number of rotatable bonds is 7. The molecule has 2 atom stereocenters. The Morgan fingerprint density at radius 2 is 1.82 bits per heavy atom. The largest absolute Gasteiger partial charge is 0.507 e. The van der Waals surface area contributed by atoms with Crippen LogP contribution in [-0.2, 0) is 4.74 Å². The van der Waals surface area contributed by atoms with Crippen LogP contribution in [-0.4, -0.2) is 60.3 Å². The molecule has 2 aromatic rings.